The zero-order valence-electron chi connectivity index (χ0n) is 11.2. The lowest BCUT2D eigenvalue weighted by Crippen LogP contribution is -2.27. The van der Waals surface area contributed by atoms with Gasteiger partial charge in [0.2, 0.25) is 0 Å². The first-order chi connectivity index (χ1) is 9.35. The number of hydrogen-bond donors (Lipinski definition) is 1. The Labute approximate surface area is 114 Å². The maximum absolute atomic E-state index is 5.28. The Morgan fingerprint density at radius 1 is 1.16 bits per heavy atom. The number of fused-ring (bicyclic) bond motifs is 1. The molecule has 1 unspecified atom stereocenters. The molecule has 1 N–H and O–H groups in total. The first-order valence-corrected chi connectivity index (χ1v) is 6.82. The van der Waals surface area contributed by atoms with Crippen molar-refractivity contribution in [2.75, 3.05) is 12.4 Å². The van der Waals surface area contributed by atoms with E-state index >= 15 is 0 Å². The van der Waals surface area contributed by atoms with Gasteiger partial charge in [0.05, 0.1) is 7.11 Å². The Morgan fingerprint density at radius 2 is 2.05 bits per heavy atom. The summed E-state index contributed by atoms with van der Waals surface area (Å²) in [6.45, 7) is 0. The highest BCUT2D eigenvalue weighted by Crippen LogP contribution is 2.26. The number of nitrogens with one attached hydrogen (secondary N) is 1. The molecule has 0 aliphatic carbocycles. The smallest absolute Gasteiger partial charge is 0.119 e. The number of benzene rings is 2. The van der Waals surface area contributed by atoms with Gasteiger partial charge in [0.1, 0.15) is 5.75 Å². The number of anilines is 1. The third-order valence-corrected chi connectivity index (χ3v) is 3.76. The molecule has 2 aromatic carbocycles. The van der Waals surface area contributed by atoms with Gasteiger partial charge in [0, 0.05) is 11.7 Å². The van der Waals surface area contributed by atoms with Crippen LogP contribution in [0.1, 0.15) is 17.5 Å². The van der Waals surface area contributed by atoms with E-state index in [9.17, 15) is 0 Å². The average molecular weight is 253 g/mol. The lowest BCUT2D eigenvalue weighted by Gasteiger charge is -2.27. The Bertz CT molecular complexity index is 565. The van der Waals surface area contributed by atoms with Gasteiger partial charge in [-0.15, -0.1) is 0 Å². The summed E-state index contributed by atoms with van der Waals surface area (Å²) in [6, 6.07) is 17.5. The summed E-state index contributed by atoms with van der Waals surface area (Å²) in [5.41, 5.74) is 4.06. The van der Waals surface area contributed by atoms with Crippen LogP contribution in [0.3, 0.4) is 0 Å². The molecule has 2 nitrogen and oxygen atoms in total. The quantitative estimate of drug-likeness (QED) is 0.901. The fourth-order valence-electron chi connectivity index (χ4n) is 2.74. The lowest BCUT2D eigenvalue weighted by atomic mass is 9.94. The Morgan fingerprint density at radius 3 is 2.95 bits per heavy atom. The molecular formula is C17H19NO. The van der Waals surface area contributed by atoms with E-state index in [4.69, 9.17) is 4.74 Å². The van der Waals surface area contributed by atoms with Crippen molar-refractivity contribution >= 4 is 5.69 Å². The van der Waals surface area contributed by atoms with Gasteiger partial charge in [-0.3, -0.25) is 0 Å². The van der Waals surface area contributed by atoms with Crippen LogP contribution in [0, 0.1) is 0 Å². The van der Waals surface area contributed by atoms with E-state index < -0.39 is 0 Å². The Kier molecular flexibility index (Phi) is 3.41. The zero-order valence-corrected chi connectivity index (χ0v) is 11.2. The molecule has 19 heavy (non-hydrogen) atoms. The highest BCUT2D eigenvalue weighted by atomic mass is 16.5. The van der Waals surface area contributed by atoms with Crippen LogP contribution in [-0.4, -0.2) is 13.2 Å². The maximum Gasteiger partial charge on any atom is 0.119 e. The summed E-state index contributed by atoms with van der Waals surface area (Å²) in [5.74, 6) is 0.939. The molecule has 0 aromatic heterocycles. The first-order valence-electron chi connectivity index (χ1n) is 6.82. The molecule has 0 saturated carbocycles. The van der Waals surface area contributed by atoms with Crippen molar-refractivity contribution in [3.05, 3.63) is 59.7 Å². The number of rotatable bonds is 3. The predicted molar refractivity (Wildman–Crippen MR) is 78.9 cm³/mol. The van der Waals surface area contributed by atoms with Gasteiger partial charge in [-0.25, -0.2) is 0 Å². The second-order valence-electron chi connectivity index (χ2n) is 5.09. The van der Waals surface area contributed by atoms with Crippen LogP contribution in [-0.2, 0) is 12.8 Å². The van der Waals surface area contributed by atoms with Crippen LogP contribution in [0.4, 0.5) is 5.69 Å². The van der Waals surface area contributed by atoms with E-state index in [1.807, 2.05) is 6.07 Å². The molecule has 0 saturated heterocycles. The van der Waals surface area contributed by atoms with Crippen LogP contribution < -0.4 is 10.1 Å². The van der Waals surface area contributed by atoms with Crippen molar-refractivity contribution in [2.45, 2.75) is 25.3 Å². The molecule has 2 aromatic rings. The molecule has 98 valence electrons. The average Bonchev–Trinajstić information content (AvgIpc) is 2.47. The largest absolute Gasteiger partial charge is 0.497 e. The normalized spacial score (nSPS) is 17.4. The SMILES string of the molecule is COc1cccc(CC2CCc3ccccc3N2)c1. The summed E-state index contributed by atoms with van der Waals surface area (Å²) in [5, 5.41) is 3.64. The molecule has 1 aliphatic heterocycles. The topological polar surface area (TPSA) is 21.3 Å². The summed E-state index contributed by atoms with van der Waals surface area (Å²) in [6.07, 6.45) is 3.40. The molecule has 1 atom stereocenters. The number of hydrogen-bond acceptors (Lipinski definition) is 2. The van der Waals surface area contributed by atoms with E-state index in [0.29, 0.717) is 6.04 Å². The van der Waals surface area contributed by atoms with Crippen molar-refractivity contribution < 1.29 is 4.74 Å². The molecule has 2 heteroatoms. The molecule has 1 heterocycles. The van der Waals surface area contributed by atoms with E-state index in [1.54, 1.807) is 7.11 Å². The van der Waals surface area contributed by atoms with Gasteiger partial charge in [0.15, 0.2) is 0 Å². The van der Waals surface area contributed by atoms with Crippen LogP contribution in [0.25, 0.3) is 0 Å². The number of ether oxygens (including phenoxy) is 1. The molecule has 0 bridgehead atoms. The fraction of sp³-hybridized carbons (Fsp3) is 0.294. The van der Waals surface area contributed by atoms with E-state index in [1.165, 1.54) is 23.2 Å². The second kappa shape index (κ2) is 5.35. The minimum atomic E-state index is 0.516. The standard InChI is InChI=1S/C17H19NO/c1-19-16-7-4-5-13(12-16)11-15-10-9-14-6-2-3-8-17(14)18-15/h2-8,12,15,18H,9-11H2,1H3. The monoisotopic (exact) mass is 253 g/mol. The van der Waals surface area contributed by atoms with E-state index in [2.05, 4.69) is 47.8 Å². The van der Waals surface area contributed by atoms with Crippen molar-refractivity contribution in [2.24, 2.45) is 0 Å². The molecule has 0 radical (unpaired) electrons. The fourth-order valence-corrected chi connectivity index (χ4v) is 2.74. The van der Waals surface area contributed by atoms with Crippen molar-refractivity contribution in [3.63, 3.8) is 0 Å². The number of aryl methyl sites for hydroxylation is 1. The molecule has 0 fully saturated rings. The maximum atomic E-state index is 5.28. The van der Waals surface area contributed by atoms with E-state index in [0.717, 1.165) is 18.6 Å². The van der Waals surface area contributed by atoms with Crippen molar-refractivity contribution in [3.8, 4) is 5.75 Å². The predicted octanol–water partition coefficient (Wildman–Crippen LogP) is 3.66. The summed E-state index contributed by atoms with van der Waals surface area (Å²) >= 11 is 0. The minimum Gasteiger partial charge on any atom is -0.497 e. The van der Waals surface area contributed by atoms with Crippen LogP contribution in [0.5, 0.6) is 5.75 Å². The van der Waals surface area contributed by atoms with Crippen LogP contribution in [0.15, 0.2) is 48.5 Å². The summed E-state index contributed by atoms with van der Waals surface area (Å²) in [4.78, 5) is 0. The van der Waals surface area contributed by atoms with Gasteiger partial charge in [0.25, 0.3) is 0 Å². The van der Waals surface area contributed by atoms with E-state index in [-0.39, 0.29) is 0 Å². The molecule has 3 rings (SSSR count). The van der Waals surface area contributed by atoms with Gasteiger partial charge < -0.3 is 10.1 Å². The molecular weight excluding hydrogens is 234 g/mol. The Hall–Kier alpha value is -1.96. The number of para-hydroxylation sites is 1. The highest BCUT2D eigenvalue weighted by Gasteiger charge is 2.17. The van der Waals surface area contributed by atoms with Crippen LogP contribution >= 0.6 is 0 Å². The van der Waals surface area contributed by atoms with Crippen molar-refractivity contribution in [1.29, 1.82) is 0 Å². The molecule has 0 spiro atoms. The highest BCUT2D eigenvalue weighted by molar-refractivity contribution is 5.54. The van der Waals surface area contributed by atoms with Gasteiger partial charge in [-0.2, -0.15) is 0 Å². The second-order valence-corrected chi connectivity index (χ2v) is 5.09. The van der Waals surface area contributed by atoms with Gasteiger partial charge >= 0.3 is 0 Å². The van der Waals surface area contributed by atoms with Gasteiger partial charge in [-0.05, 0) is 48.6 Å². The third-order valence-electron chi connectivity index (χ3n) is 3.76. The van der Waals surface area contributed by atoms with Gasteiger partial charge in [-0.1, -0.05) is 30.3 Å². The molecule has 1 aliphatic rings. The third kappa shape index (κ3) is 2.73. The Balaban J connectivity index is 1.71. The zero-order chi connectivity index (χ0) is 13.1. The first kappa shape index (κ1) is 12.1. The summed E-state index contributed by atoms with van der Waals surface area (Å²) < 4.78 is 5.28. The molecule has 0 amide bonds. The lowest BCUT2D eigenvalue weighted by molar-refractivity contribution is 0.414. The van der Waals surface area contributed by atoms with Crippen molar-refractivity contribution in [1.82, 2.24) is 0 Å². The van der Waals surface area contributed by atoms with Crippen LogP contribution in [0.2, 0.25) is 0 Å². The number of methoxy groups -OCH3 is 1. The summed E-state index contributed by atoms with van der Waals surface area (Å²) in [7, 11) is 1.72. The minimum absolute atomic E-state index is 0.516.